The monoisotopic (exact) mass is 276 g/mol. The van der Waals surface area contributed by atoms with Gasteiger partial charge in [-0.3, -0.25) is 0 Å². The summed E-state index contributed by atoms with van der Waals surface area (Å²) in [6, 6.07) is 5.59. The summed E-state index contributed by atoms with van der Waals surface area (Å²) in [7, 11) is 0. The topological polar surface area (TPSA) is 84.4 Å². The maximum atomic E-state index is 10.8. The van der Waals surface area contributed by atoms with E-state index in [1.165, 1.54) is 11.3 Å². The summed E-state index contributed by atoms with van der Waals surface area (Å²) in [6.07, 6.45) is 1.06. The maximum Gasteiger partial charge on any atom is 0.312 e. The van der Waals surface area contributed by atoms with E-state index in [0.29, 0.717) is 12.5 Å². The molecular formula is C15H24N4O. The maximum absolute atomic E-state index is 10.8. The van der Waals surface area contributed by atoms with Gasteiger partial charge in [0, 0.05) is 30.0 Å². The highest BCUT2D eigenvalue weighted by molar-refractivity contribution is 5.71. The lowest BCUT2D eigenvalue weighted by Crippen LogP contribution is -2.51. The van der Waals surface area contributed by atoms with Crippen LogP contribution in [0.5, 0.6) is 0 Å². The highest BCUT2D eigenvalue weighted by atomic mass is 16.2. The van der Waals surface area contributed by atoms with Crippen molar-refractivity contribution in [3.63, 3.8) is 0 Å². The zero-order valence-electron chi connectivity index (χ0n) is 12.4. The van der Waals surface area contributed by atoms with Gasteiger partial charge in [-0.05, 0) is 49.9 Å². The van der Waals surface area contributed by atoms with Crippen molar-refractivity contribution >= 4 is 17.4 Å². The average Bonchev–Trinajstić information content (AvgIpc) is 2.33. The molecule has 1 aliphatic heterocycles. The van der Waals surface area contributed by atoms with Crippen LogP contribution in [0.4, 0.5) is 16.2 Å². The number of nitrogen functional groups attached to an aromatic ring is 1. The van der Waals surface area contributed by atoms with Crippen LogP contribution < -0.4 is 21.7 Å². The molecule has 0 saturated heterocycles. The zero-order valence-corrected chi connectivity index (χ0v) is 12.4. The second-order valence-electron chi connectivity index (χ2n) is 6.18. The fourth-order valence-electron chi connectivity index (χ4n) is 3.22. The molecule has 2 rings (SSSR count). The molecule has 1 unspecified atom stereocenters. The van der Waals surface area contributed by atoms with Gasteiger partial charge in [0.05, 0.1) is 0 Å². The second-order valence-corrected chi connectivity index (χ2v) is 6.18. The number of benzene rings is 1. The van der Waals surface area contributed by atoms with Crippen molar-refractivity contribution in [2.75, 3.05) is 23.7 Å². The molecule has 0 bridgehead atoms. The van der Waals surface area contributed by atoms with Gasteiger partial charge in [0.1, 0.15) is 0 Å². The Hall–Kier alpha value is -1.91. The first-order valence-corrected chi connectivity index (χ1v) is 7.01. The van der Waals surface area contributed by atoms with Gasteiger partial charge in [-0.2, -0.15) is 0 Å². The van der Waals surface area contributed by atoms with E-state index in [1.807, 2.05) is 6.07 Å². The van der Waals surface area contributed by atoms with Crippen molar-refractivity contribution in [2.45, 2.75) is 38.6 Å². The van der Waals surface area contributed by atoms with Crippen molar-refractivity contribution < 1.29 is 4.79 Å². The minimum Gasteiger partial charge on any atom is -0.399 e. The Bertz CT molecular complexity index is 513. The lowest BCUT2D eigenvalue weighted by atomic mass is 9.80. The molecule has 0 spiro atoms. The number of nitrogens with zero attached hydrogens (tertiary/aromatic N) is 1. The van der Waals surface area contributed by atoms with Crippen molar-refractivity contribution in [1.29, 1.82) is 0 Å². The van der Waals surface area contributed by atoms with E-state index < -0.39 is 6.03 Å². The van der Waals surface area contributed by atoms with Gasteiger partial charge in [-0.25, -0.2) is 4.79 Å². The van der Waals surface area contributed by atoms with Crippen LogP contribution in [-0.2, 0) is 0 Å². The first-order chi connectivity index (χ1) is 9.31. The van der Waals surface area contributed by atoms with E-state index in [0.717, 1.165) is 18.7 Å². The third-order valence-electron chi connectivity index (χ3n) is 4.04. The largest absolute Gasteiger partial charge is 0.399 e. The zero-order chi connectivity index (χ0) is 14.9. The van der Waals surface area contributed by atoms with Crippen molar-refractivity contribution in [3.05, 3.63) is 23.8 Å². The molecule has 0 aromatic heterocycles. The average molecular weight is 276 g/mol. The van der Waals surface area contributed by atoms with Crippen LogP contribution in [0.1, 0.15) is 38.7 Å². The molecule has 0 fully saturated rings. The number of anilines is 2. The number of urea groups is 1. The van der Waals surface area contributed by atoms with Crippen LogP contribution in [0.3, 0.4) is 0 Å². The SMILES string of the molecule is CC1CC(C)(C)N(CCNC(N)=O)c2ccc(N)cc21. The van der Waals surface area contributed by atoms with E-state index in [1.54, 1.807) is 0 Å². The summed E-state index contributed by atoms with van der Waals surface area (Å²) in [5, 5.41) is 2.66. The third-order valence-corrected chi connectivity index (χ3v) is 4.04. The van der Waals surface area contributed by atoms with Crippen LogP contribution in [0.15, 0.2) is 18.2 Å². The summed E-state index contributed by atoms with van der Waals surface area (Å²) in [5.41, 5.74) is 14.4. The fraction of sp³-hybridized carbons (Fsp3) is 0.533. The lowest BCUT2D eigenvalue weighted by Gasteiger charge is -2.47. The van der Waals surface area contributed by atoms with Gasteiger partial charge in [0.25, 0.3) is 0 Å². The van der Waals surface area contributed by atoms with Gasteiger partial charge in [0.15, 0.2) is 0 Å². The molecule has 0 aliphatic carbocycles. The minimum absolute atomic E-state index is 0.0435. The van der Waals surface area contributed by atoms with E-state index in [-0.39, 0.29) is 5.54 Å². The van der Waals surface area contributed by atoms with Gasteiger partial charge in [-0.15, -0.1) is 0 Å². The van der Waals surface area contributed by atoms with Crippen LogP contribution in [-0.4, -0.2) is 24.7 Å². The number of hydrogen-bond donors (Lipinski definition) is 3. The molecule has 5 N–H and O–H groups in total. The lowest BCUT2D eigenvalue weighted by molar-refractivity contribution is 0.248. The van der Waals surface area contributed by atoms with Crippen molar-refractivity contribution in [2.24, 2.45) is 5.73 Å². The molecule has 0 radical (unpaired) electrons. The van der Waals surface area contributed by atoms with Gasteiger partial charge in [0.2, 0.25) is 0 Å². The Morgan fingerprint density at radius 1 is 1.50 bits per heavy atom. The van der Waals surface area contributed by atoms with E-state index in [4.69, 9.17) is 11.5 Å². The predicted molar refractivity (Wildman–Crippen MR) is 82.9 cm³/mol. The molecule has 5 nitrogen and oxygen atoms in total. The molecular weight excluding hydrogens is 252 g/mol. The standard InChI is InChI=1S/C15H24N4O/c1-10-9-15(2,3)19(7-6-18-14(17)20)13-5-4-11(16)8-12(10)13/h4-5,8,10H,6-7,9,16H2,1-3H3,(H3,17,18,20). The van der Waals surface area contributed by atoms with E-state index in [2.05, 4.69) is 43.1 Å². The molecule has 1 heterocycles. The molecule has 5 heteroatoms. The third kappa shape index (κ3) is 2.81. The van der Waals surface area contributed by atoms with Crippen LogP contribution in [0.25, 0.3) is 0 Å². The Morgan fingerprint density at radius 2 is 2.20 bits per heavy atom. The highest BCUT2D eigenvalue weighted by Crippen LogP contribution is 2.43. The smallest absolute Gasteiger partial charge is 0.312 e. The highest BCUT2D eigenvalue weighted by Gasteiger charge is 2.35. The Balaban J connectivity index is 2.28. The molecule has 0 saturated carbocycles. The Kier molecular flexibility index (Phi) is 3.79. The number of primary amides is 1. The molecule has 20 heavy (non-hydrogen) atoms. The number of fused-ring (bicyclic) bond motifs is 1. The first-order valence-electron chi connectivity index (χ1n) is 7.01. The quantitative estimate of drug-likeness (QED) is 0.738. The minimum atomic E-state index is -0.481. The van der Waals surface area contributed by atoms with Gasteiger partial charge >= 0.3 is 6.03 Å². The van der Waals surface area contributed by atoms with Gasteiger partial charge < -0.3 is 21.7 Å². The van der Waals surface area contributed by atoms with Crippen molar-refractivity contribution in [3.8, 4) is 0 Å². The number of carbonyl (C=O) groups excluding carboxylic acids is 1. The number of carbonyl (C=O) groups is 1. The van der Waals surface area contributed by atoms with Crippen LogP contribution in [0.2, 0.25) is 0 Å². The Labute approximate surface area is 120 Å². The molecule has 1 aliphatic rings. The molecule has 110 valence electrons. The summed E-state index contributed by atoms with van der Waals surface area (Å²) in [4.78, 5) is 13.2. The molecule has 1 aromatic carbocycles. The number of nitrogens with two attached hydrogens (primary N) is 2. The molecule has 2 amide bonds. The van der Waals surface area contributed by atoms with Crippen LogP contribution >= 0.6 is 0 Å². The summed E-state index contributed by atoms with van der Waals surface area (Å²) < 4.78 is 0. The Morgan fingerprint density at radius 3 is 2.85 bits per heavy atom. The first kappa shape index (κ1) is 14.5. The second kappa shape index (κ2) is 5.23. The summed E-state index contributed by atoms with van der Waals surface area (Å²) in [6.45, 7) is 7.97. The fourth-order valence-corrected chi connectivity index (χ4v) is 3.22. The van der Waals surface area contributed by atoms with E-state index >= 15 is 0 Å². The molecule has 1 atom stereocenters. The summed E-state index contributed by atoms with van der Waals surface area (Å²) >= 11 is 0. The normalized spacial score (nSPS) is 20.4. The van der Waals surface area contributed by atoms with Crippen molar-refractivity contribution in [1.82, 2.24) is 5.32 Å². The summed E-state index contributed by atoms with van der Waals surface area (Å²) in [5.74, 6) is 0.476. The number of nitrogens with one attached hydrogen (secondary N) is 1. The molecule has 1 aromatic rings. The van der Waals surface area contributed by atoms with Gasteiger partial charge in [-0.1, -0.05) is 6.92 Å². The van der Waals surface area contributed by atoms with E-state index in [9.17, 15) is 4.79 Å². The number of amides is 2. The number of hydrogen-bond acceptors (Lipinski definition) is 3. The van der Waals surface area contributed by atoms with Crippen LogP contribution in [0, 0.1) is 0 Å². The predicted octanol–water partition coefficient (Wildman–Crippen LogP) is 2.03. The number of rotatable bonds is 3.